The Labute approximate surface area is 173 Å². The first-order valence-corrected chi connectivity index (χ1v) is 11.3. The molecule has 3 aromatic rings. The number of aryl methyl sites for hydroxylation is 1. The van der Waals surface area contributed by atoms with Gasteiger partial charge in [-0.15, -0.1) is 22.7 Å². The van der Waals surface area contributed by atoms with Crippen LogP contribution in [0, 0.1) is 6.92 Å². The first kappa shape index (κ1) is 19.3. The minimum absolute atomic E-state index is 0.0231. The Kier molecular flexibility index (Phi) is 5.61. The maximum absolute atomic E-state index is 13.1. The third-order valence-electron chi connectivity index (χ3n) is 5.32. The molecular weight excluding hydrogens is 390 g/mol. The Balaban J connectivity index is 1.64. The van der Waals surface area contributed by atoms with Gasteiger partial charge in [0.25, 0.3) is 5.91 Å². The van der Waals surface area contributed by atoms with E-state index in [0.717, 1.165) is 59.1 Å². The fourth-order valence-electron chi connectivity index (χ4n) is 3.62. The number of carbonyl (C=O) groups is 1. The first-order chi connectivity index (χ1) is 13.6. The van der Waals surface area contributed by atoms with Gasteiger partial charge in [-0.25, -0.2) is 9.97 Å². The molecule has 3 aromatic heterocycles. The standard InChI is InChI=1S/C20H25N5OS2/c1-4-14(15-6-5-11-27-15)23-19(26)17-13(2)16-18(21-12-22-20(16)28-17)25-9-7-24(3)8-10-25/h5-6,11-12,14H,4,7-10H2,1-3H3,(H,23,26). The van der Waals surface area contributed by atoms with Crippen LogP contribution in [-0.2, 0) is 0 Å². The van der Waals surface area contributed by atoms with Gasteiger partial charge in [0.05, 0.1) is 16.3 Å². The second kappa shape index (κ2) is 8.14. The summed E-state index contributed by atoms with van der Waals surface area (Å²) in [6, 6.07) is 4.14. The largest absolute Gasteiger partial charge is 0.353 e. The lowest BCUT2D eigenvalue weighted by Gasteiger charge is -2.33. The lowest BCUT2D eigenvalue weighted by atomic mass is 10.1. The number of nitrogens with zero attached hydrogens (tertiary/aromatic N) is 4. The van der Waals surface area contributed by atoms with Crippen LogP contribution in [0.3, 0.4) is 0 Å². The Morgan fingerprint density at radius 2 is 2.07 bits per heavy atom. The van der Waals surface area contributed by atoms with Crippen LogP contribution >= 0.6 is 22.7 Å². The zero-order valence-electron chi connectivity index (χ0n) is 16.4. The number of nitrogens with one attached hydrogen (secondary N) is 1. The number of fused-ring (bicyclic) bond motifs is 1. The van der Waals surface area contributed by atoms with Gasteiger partial charge in [0.15, 0.2) is 0 Å². The van der Waals surface area contributed by atoms with Crippen molar-refractivity contribution >= 4 is 44.6 Å². The van der Waals surface area contributed by atoms with Gasteiger partial charge in [-0.05, 0) is 37.4 Å². The van der Waals surface area contributed by atoms with Crippen LogP contribution in [0.2, 0.25) is 0 Å². The van der Waals surface area contributed by atoms with Gasteiger partial charge < -0.3 is 15.1 Å². The summed E-state index contributed by atoms with van der Waals surface area (Å²) in [5.74, 6) is 0.932. The number of piperazine rings is 1. The minimum atomic E-state index is -0.0231. The molecule has 0 bridgehead atoms. The molecule has 148 valence electrons. The molecule has 8 heteroatoms. The molecule has 1 aliphatic heterocycles. The monoisotopic (exact) mass is 415 g/mol. The van der Waals surface area contributed by atoms with E-state index in [4.69, 9.17) is 0 Å². The molecule has 1 N–H and O–H groups in total. The van der Waals surface area contributed by atoms with Crippen molar-refractivity contribution in [2.24, 2.45) is 0 Å². The first-order valence-electron chi connectivity index (χ1n) is 9.60. The van der Waals surface area contributed by atoms with Crippen molar-refractivity contribution in [3.05, 3.63) is 39.2 Å². The molecule has 1 aliphatic rings. The Morgan fingerprint density at radius 3 is 2.75 bits per heavy atom. The van der Waals surface area contributed by atoms with Crippen molar-refractivity contribution in [3.63, 3.8) is 0 Å². The van der Waals surface area contributed by atoms with Crippen LogP contribution in [0.1, 0.15) is 39.5 Å². The topological polar surface area (TPSA) is 61.4 Å². The van der Waals surface area contributed by atoms with Gasteiger partial charge >= 0.3 is 0 Å². The van der Waals surface area contributed by atoms with Gasteiger partial charge in [0.1, 0.15) is 17.0 Å². The molecule has 28 heavy (non-hydrogen) atoms. The van der Waals surface area contributed by atoms with Crippen molar-refractivity contribution in [1.29, 1.82) is 0 Å². The molecule has 0 radical (unpaired) electrons. The third-order valence-corrected chi connectivity index (χ3v) is 7.50. The fraction of sp³-hybridized carbons (Fsp3) is 0.450. The smallest absolute Gasteiger partial charge is 0.262 e. The molecule has 1 saturated heterocycles. The van der Waals surface area contributed by atoms with Crippen molar-refractivity contribution in [2.75, 3.05) is 38.1 Å². The Hall–Kier alpha value is -2.03. The highest BCUT2D eigenvalue weighted by atomic mass is 32.1. The predicted molar refractivity (Wildman–Crippen MR) is 117 cm³/mol. The van der Waals surface area contributed by atoms with Crippen molar-refractivity contribution < 1.29 is 4.79 Å². The number of aromatic nitrogens is 2. The van der Waals surface area contributed by atoms with Crippen LogP contribution in [0.15, 0.2) is 23.8 Å². The average Bonchev–Trinajstić information content (AvgIpc) is 3.35. The summed E-state index contributed by atoms with van der Waals surface area (Å²) >= 11 is 3.14. The van der Waals surface area contributed by atoms with Gasteiger partial charge in [0, 0.05) is 31.1 Å². The average molecular weight is 416 g/mol. The van der Waals surface area contributed by atoms with E-state index in [0.29, 0.717) is 0 Å². The molecule has 0 saturated carbocycles. The zero-order chi connectivity index (χ0) is 19.7. The van der Waals surface area contributed by atoms with Crippen LogP contribution in [0.25, 0.3) is 10.2 Å². The summed E-state index contributed by atoms with van der Waals surface area (Å²) in [5, 5.41) is 6.27. The maximum atomic E-state index is 13.1. The number of likely N-dealkylation sites (N-methyl/N-ethyl adjacent to an activating group) is 1. The van der Waals surface area contributed by atoms with Crippen molar-refractivity contribution in [3.8, 4) is 0 Å². The second-order valence-electron chi connectivity index (χ2n) is 7.17. The lowest BCUT2D eigenvalue weighted by Crippen LogP contribution is -2.44. The summed E-state index contributed by atoms with van der Waals surface area (Å²) in [6.07, 6.45) is 2.48. The Morgan fingerprint density at radius 1 is 1.29 bits per heavy atom. The number of carbonyl (C=O) groups excluding carboxylic acids is 1. The van der Waals surface area contributed by atoms with Crippen LogP contribution < -0.4 is 10.2 Å². The lowest BCUT2D eigenvalue weighted by molar-refractivity contribution is 0.0940. The van der Waals surface area contributed by atoms with Crippen molar-refractivity contribution in [1.82, 2.24) is 20.2 Å². The molecule has 1 unspecified atom stereocenters. The number of thiophene rings is 2. The van der Waals surface area contributed by atoms with E-state index in [2.05, 4.69) is 45.1 Å². The number of hydrogen-bond acceptors (Lipinski definition) is 7. The van der Waals surface area contributed by atoms with Crippen LogP contribution in [0.5, 0.6) is 0 Å². The zero-order valence-corrected chi connectivity index (χ0v) is 18.1. The quantitative estimate of drug-likeness (QED) is 0.689. The molecule has 1 amide bonds. The normalized spacial score (nSPS) is 16.5. The second-order valence-corrected chi connectivity index (χ2v) is 9.15. The van der Waals surface area contributed by atoms with E-state index in [1.165, 1.54) is 16.2 Å². The number of anilines is 1. The highest BCUT2D eigenvalue weighted by Gasteiger charge is 2.25. The maximum Gasteiger partial charge on any atom is 0.262 e. The minimum Gasteiger partial charge on any atom is -0.353 e. The van der Waals surface area contributed by atoms with Gasteiger partial charge in [-0.3, -0.25) is 4.79 Å². The molecule has 1 fully saturated rings. The van der Waals surface area contributed by atoms with Gasteiger partial charge in [-0.2, -0.15) is 0 Å². The predicted octanol–water partition coefficient (Wildman–Crippen LogP) is 3.69. The van der Waals surface area contributed by atoms with E-state index >= 15 is 0 Å². The van der Waals surface area contributed by atoms with E-state index in [9.17, 15) is 4.79 Å². The number of hydrogen-bond donors (Lipinski definition) is 1. The van der Waals surface area contributed by atoms with Gasteiger partial charge in [0.2, 0.25) is 0 Å². The number of rotatable bonds is 5. The summed E-state index contributed by atoms with van der Waals surface area (Å²) < 4.78 is 0. The molecule has 0 aliphatic carbocycles. The summed E-state index contributed by atoms with van der Waals surface area (Å²) in [7, 11) is 2.14. The summed E-state index contributed by atoms with van der Waals surface area (Å²) in [5.41, 5.74) is 0.980. The SMILES string of the molecule is CCC(NC(=O)c1sc2ncnc(N3CCN(C)CC3)c2c1C)c1cccs1. The molecule has 6 nitrogen and oxygen atoms in total. The molecule has 1 atom stereocenters. The molecule has 4 heterocycles. The summed E-state index contributed by atoms with van der Waals surface area (Å²) in [4.78, 5) is 29.5. The van der Waals surface area contributed by atoms with Crippen LogP contribution in [-0.4, -0.2) is 54.0 Å². The molecule has 4 rings (SSSR count). The van der Waals surface area contributed by atoms with E-state index in [-0.39, 0.29) is 11.9 Å². The highest BCUT2D eigenvalue weighted by Crippen LogP contribution is 2.35. The molecule has 0 spiro atoms. The van der Waals surface area contributed by atoms with Crippen molar-refractivity contribution in [2.45, 2.75) is 26.3 Å². The van der Waals surface area contributed by atoms with E-state index in [1.807, 2.05) is 18.4 Å². The summed E-state index contributed by atoms with van der Waals surface area (Å²) in [6.45, 7) is 8.02. The van der Waals surface area contributed by atoms with Crippen LogP contribution in [0.4, 0.5) is 5.82 Å². The van der Waals surface area contributed by atoms with E-state index in [1.54, 1.807) is 17.7 Å². The number of amides is 1. The third kappa shape index (κ3) is 3.64. The van der Waals surface area contributed by atoms with Gasteiger partial charge in [-0.1, -0.05) is 13.0 Å². The highest BCUT2D eigenvalue weighted by molar-refractivity contribution is 7.20. The molecule has 0 aromatic carbocycles. The Bertz CT molecular complexity index is 961. The van der Waals surface area contributed by atoms with E-state index < -0.39 is 0 Å². The fourth-order valence-corrected chi connectivity index (χ4v) is 5.52. The molecular formula is C20H25N5OS2.